The van der Waals surface area contributed by atoms with Gasteiger partial charge in [0.25, 0.3) is 0 Å². The Morgan fingerprint density at radius 1 is 1.30 bits per heavy atom. The van der Waals surface area contributed by atoms with E-state index in [0.717, 1.165) is 38.8 Å². The van der Waals surface area contributed by atoms with Crippen LogP contribution >= 0.6 is 22.9 Å². The fourth-order valence-electron chi connectivity index (χ4n) is 4.01. The molecule has 0 fully saturated rings. The summed E-state index contributed by atoms with van der Waals surface area (Å²) < 4.78 is 18.9. The minimum atomic E-state index is -0.186. The van der Waals surface area contributed by atoms with Gasteiger partial charge in [-0.2, -0.15) is 0 Å². The number of benzene rings is 2. The molecule has 0 spiro atoms. The van der Waals surface area contributed by atoms with Crippen molar-refractivity contribution in [3.8, 4) is 28.4 Å². The molecule has 1 unspecified atom stereocenters. The summed E-state index contributed by atoms with van der Waals surface area (Å²) in [4.78, 5) is 17.7. The molecule has 0 saturated carbocycles. The average molecular weight is 484 g/mol. The molecule has 0 bridgehead atoms. The number of hydrogen-bond donors (Lipinski definition) is 1. The third-order valence-electron chi connectivity index (χ3n) is 5.58. The summed E-state index contributed by atoms with van der Waals surface area (Å²) in [6, 6.07) is 9.56. The molecule has 5 rings (SSSR count). The van der Waals surface area contributed by atoms with E-state index in [1.807, 2.05) is 46.4 Å². The van der Waals surface area contributed by atoms with Crippen molar-refractivity contribution < 1.29 is 19.0 Å². The first-order valence-electron chi connectivity index (χ1n) is 10.4. The summed E-state index contributed by atoms with van der Waals surface area (Å²) in [6.45, 7) is 0.393. The van der Waals surface area contributed by atoms with Gasteiger partial charge < -0.3 is 19.5 Å². The van der Waals surface area contributed by atoms with Gasteiger partial charge in [-0.1, -0.05) is 11.6 Å². The van der Waals surface area contributed by atoms with E-state index < -0.39 is 0 Å². The standard InChI is InChI=1S/C24H22ClN3O4S/c1-30-17-3-4-21(31-2)19(11-17)14-7-15-8-18(32-23(15)20(25)9-14)12-26-22(29)10-16-13-28-5-6-33-24(28)27-16/h3-7,9,11,13,18H,8,10,12H2,1-2H3,(H,26,29). The summed E-state index contributed by atoms with van der Waals surface area (Å²) in [7, 11) is 3.26. The molecule has 3 heterocycles. The zero-order valence-electron chi connectivity index (χ0n) is 18.1. The Balaban J connectivity index is 1.26. The van der Waals surface area contributed by atoms with Crippen molar-refractivity contribution in [1.29, 1.82) is 0 Å². The Bertz CT molecular complexity index is 1300. The van der Waals surface area contributed by atoms with Gasteiger partial charge in [0.1, 0.15) is 23.4 Å². The maximum absolute atomic E-state index is 12.4. The van der Waals surface area contributed by atoms with E-state index in [-0.39, 0.29) is 18.4 Å². The van der Waals surface area contributed by atoms with Gasteiger partial charge in [-0.05, 0) is 35.9 Å². The monoisotopic (exact) mass is 483 g/mol. The van der Waals surface area contributed by atoms with Gasteiger partial charge in [-0.3, -0.25) is 9.20 Å². The molecule has 170 valence electrons. The Morgan fingerprint density at radius 2 is 2.18 bits per heavy atom. The van der Waals surface area contributed by atoms with Crippen molar-refractivity contribution in [3.05, 3.63) is 64.4 Å². The minimum absolute atomic E-state index is 0.0896. The second-order valence-electron chi connectivity index (χ2n) is 7.76. The summed E-state index contributed by atoms with van der Waals surface area (Å²) >= 11 is 8.10. The topological polar surface area (TPSA) is 74.1 Å². The molecule has 4 aromatic rings. The molecule has 0 aliphatic carbocycles. The van der Waals surface area contributed by atoms with Crippen LogP contribution in [0.2, 0.25) is 5.02 Å². The molecule has 0 saturated heterocycles. The summed E-state index contributed by atoms with van der Waals surface area (Å²) in [5.74, 6) is 2.04. The van der Waals surface area contributed by atoms with Gasteiger partial charge in [-0.15, -0.1) is 11.3 Å². The summed E-state index contributed by atoms with van der Waals surface area (Å²) in [5, 5.41) is 5.44. The van der Waals surface area contributed by atoms with Crippen LogP contribution in [0.4, 0.5) is 0 Å². The lowest BCUT2D eigenvalue weighted by atomic mass is 9.99. The number of imidazole rings is 1. The van der Waals surface area contributed by atoms with Gasteiger partial charge in [0, 0.05) is 35.3 Å². The van der Waals surface area contributed by atoms with Crippen molar-refractivity contribution >= 4 is 33.8 Å². The highest BCUT2D eigenvalue weighted by atomic mass is 35.5. The third kappa shape index (κ3) is 4.36. The van der Waals surface area contributed by atoms with Gasteiger partial charge >= 0.3 is 0 Å². The number of methoxy groups -OCH3 is 2. The van der Waals surface area contributed by atoms with E-state index in [1.165, 1.54) is 11.3 Å². The van der Waals surface area contributed by atoms with Crippen LogP contribution in [-0.4, -0.2) is 42.2 Å². The number of halogens is 1. The molecule has 1 aliphatic heterocycles. The fourth-order valence-corrected chi connectivity index (χ4v) is 5.01. The number of fused-ring (bicyclic) bond motifs is 2. The van der Waals surface area contributed by atoms with Crippen LogP contribution in [0.5, 0.6) is 17.2 Å². The molecule has 1 N–H and O–H groups in total. The zero-order valence-corrected chi connectivity index (χ0v) is 19.7. The van der Waals surface area contributed by atoms with Crippen LogP contribution in [-0.2, 0) is 17.6 Å². The Morgan fingerprint density at radius 3 is 2.97 bits per heavy atom. The molecular formula is C24H22ClN3O4S. The first-order valence-corrected chi connectivity index (χ1v) is 11.7. The molecule has 2 aromatic carbocycles. The number of thiazole rings is 1. The van der Waals surface area contributed by atoms with Crippen molar-refractivity contribution in [2.24, 2.45) is 0 Å². The SMILES string of the molecule is COc1ccc(OC)c(-c2cc(Cl)c3c(c2)CC(CNC(=O)Cc2cn4ccsc4n2)O3)c1. The highest BCUT2D eigenvalue weighted by Gasteiger charge is 2.27. The average Bonchev–Trinajstić information content (AvgIpc) is 3.52. The normalized spacial score (nSPS) is 14.7. The highest BCUT2D eigenvalue weighted by molar-refractivity contribution is 7.15. The smallest absolute Gasteiger partial charge is 0.226 e. The molecule has 2 aromatic heterocycles. The highest BCUT2D eigenvalue weighted by Crippen LogP contribution is 2.42. The van der Waals surface area contributed by atoms with Crippen LogP contribution in [0.15, 0.2) is 48.1 Å². The van der Waals surface area contributed by atoms with Crippen LogP contribution in [0.25, 0.3) is 16.1 Å². The first kappa shape index (κ1) is 21.6. The lowest BCUT2D eigenvalue weighted by Crippen LogP contribution is -2.35. The van der Waals surface area contributed by atoms with Crippen molar-refractivity contribution in [3.63, 3.8) is 0 Å². The molecule has 1 atom stereocenters. The Labute approximate surface area is 199 Å². The number of carbonyl (C=O) groups excluding carboxylic acids is 1. The van der Waals surface area contributed by atoms with Crippen molar-refractivity contribution in [1.82, 2.24) is 14.7 Å². The number of carbonyl (C=O) groups is 1. The van der Waals surface area contributed by atoms with E-state index in [9.17, 15) is 4.79 Å². The lowest BCUT2D eigenvalue weighted by Gasteiger charge is -2.13. The third-order valence-corrected chi connectivity index (χ3v) is 6.63. The van der Waals surface area contributed by atoms with Gasteiger partial charge in [0.2, 0.25) is 5.91 Å². The van der Waals surface area contributed by atoms with Crippen LogP contribution in [0, 0.1) is 0 Å². The molecule has 33 heavy (non-hydrogen) atoms. The number of nitrogens with zero attached hydrogens (tertiary/aromatic N) is 2. The van der Waals surface area contributed by atoms with Crippen molar-refractivity contribution in [2.45, 2.75) is 18.9 Å². The predicted molar refractivity (Wildman–Crippen MR) is 128 cm³/mol. The maximum atomic E-state index is 12.4. The van der Waals surface area contributed by atoms with Gasteiger partial charge in [-0.25, -0.2) is 4.98 Å². The van der Waals surface area contributed by atoms with Crippen LogP contribution in [0.1, 0.15) is 11.3 Å². The second kappa shape index (κ2) is 8.96. The minimum Gasteiger partial charge on any atom is -0.497 e. The molecular weight excluding hydrogens is 462 g/mol. The molecule has 7 nitrogen and oxygen atoms in total. The van der Waals surface area contributed by atoms with E-state index in [1.54, 1.807) is 14.2 Å². The zero-order chi connectivity index (χ0) is 22.9. The number of nitrogens with one attached hydrogen (secondary N) is 1. The summed E-state index contributed by atoms with van der Waals surface area (Å²) in [5.41, 5.74) is 3.55. The molecule has 0 radical (unpaired) electrons. The van der Waals surface area contributed by atoms with Gasteiger partial charge in [0.05, 0.1) is 37.9 Å². The fraction of sp³-hybridized carbons (Fsp3) is 0.250. The Kier molecular flexibility index (Phi) is 5.86. The van der Waals surface area contributed by atoms with Crippen LogP contribution in [0.3, 0.4) is 0 Å². The maximum Gasteiger partial charge on any atom is 0.226 e. The van der Waals surface area contributed by atoms with Gasteiger partial charge in [0.15, 0.2) is 4.96 Å². The van der Waals surface area contributed by atoms with E-state index >= 15 is 0 Å². The molecule has 1 aliphatic rings. The number of ether oxygens (including phenoxy) is 3. The number of rotatable bonds is 7. The molecule has 1 amide bonds. The second-order valence-corrected chi connectivity index (χ2v) is 9.04. The largest absolute Gasteiger partial charge is 0.497 e. The van der Waals surface area contributed by atoms with E-state index in [4.69, 9.17) is 25.8 Å². The number of hydrogen-bond acceptors (Lipinski definition) is 6. The van der Waals surface area contributed by atoms with Crippen LogP contribution < -0.4 is 19.5 Å². The molecule has 9 heteroatoms. The summed E-state index contributed by atoms with van der Waals surface area (Å²) in [6.07, 6.45) is 4.50. The van der Waals surface area contributed by atoms with Crippen molar-refractivity contribution in [2.75, 3.05) is 20.8 Å². The lowest BCUT2D eigenvalue weighted by molar-refractivity contribution is -0.120. The number of aromatic nitrogens is 2. The first-order chi connectivity index (χ1) is 16.0. The van der Waals surface area contributed by atoms with E-state index in [0.29, 0.717) is 23.7 Å². The number of amides is 1. The Hall–Kier alpha value is -3.23. The quantitative estimate of drug-likeness (QED) is 0.422. The van der Waals surface area contributed by atoms with E-state index in [2.05, 4.69) is 16.4 Å². The predicted octanol–water partition coefficient (Wildman–Crippen LogP) is 4.40.